The highest BCUT2D eigenvalue weighted by atomic mass is 32.1. The Morgan fingerprint density at radius 3 is 2.35 bits per heavy atom. The number of ether oxygens (including phenoxy) is 3. The first-order chi connectivity index (χ1) is 24.7. The Bertz CT molecular complexity index is 1840. The summed E-state index contributed by atoms with van der Waals surface area (Å²) in [4.78, 5) is 42.1. The number of azo groups is 2. The number of carbonyl (C=O) groups is 3. The Kier molecular flexibility index (Phi) is 15.1. The van der Waals surface area contributed by atoms with Crippen LogP contribution in [0.25, 0.3) is 9.53 Å². The molecular weight excluding hydrogens is 689 g/mol. The maximum atomic E-state index is 11.9. The largest absolute Gasteiger partial charge is 0.463 e. The van der Waals surface area contributed by atoms with Crippen LogP contribution in [0.1, 0.15) is 50.7 Å². The molecule has 0 amide bonds. The molecule has 2 aromatic carbocycles. The fourth-order valence-corrected chi connectivity index (χ4v) is 6.65. The van der Waals surface area contributed by atoms with Gasteiger partial charge in [0.1, 0.15) is 9.83 Å². The average molecular weight is 731 g/mol. The summed E-state index contributed by atoms with van der Waals surface area (Å²) in [5.74, 6) is -1.66. The van der Waals surface area contributed by atoms with Gasteiger partial charge >= 0.3 is 17.9 Å². The number of unbranched alkanes of at least 4 members (excludes halogenated alkanes) is 3. The van der Waals surface area contributed by atoms with E-state index in [1.807, 2.05) is 43.3 Å². The molecule has 1 unspecified atom stereocenters. The van der Waals surface area contributed by atoms with E-state index in [9.17, 15) is 14.4 Å². The lowest BCUT2D eigenvalue weighted by atomic mass is 10.1. The van der Waals surface area contributed by atoms with E-state index in [2.05, 4.69) is 62.6 Å². The van der Waals surface area contributed by atoms with Gasteiger partial charge in [0.15, 0.2) is 6.10 Å². The number of carbonyl (C=O) groups excluding carboxylic acids is 3. The minimum atomic E-state index is -0.995. The van der Waals surface area contributed by atoms with Gasteiger partial charge in [0, 0.05) is 37.3 Å². The van der Waals surface area contributed by atoms with Crippen LogP contribution in [0, 0.1) is 6.92 Å². The van der Waals surface area contributed by atoms with Crippen molar-refractivity contribution >= 4 is 77.3 Å². The van der Waals surface area contributed by atoms with E-state index in [1.165, 1.54) is 35.7 Å². The van der Waals surface area contributed by atoms with Gasteiger partial charge in [0.25, 0.3) is 0 Å². The molecule has 12 nitrogen and oxygen atoms in total. The Balaban J connectivity index is 1.23. The first kappa shape index (κ1) is 38.7. The van der Waals surface area contributed by atoms with Crippen molar-refractivity contribution in [1.29, 1.82) is 0 Å². The second-order valence-electron chi connectivity index (χ2n) is 11.4. The molecule has 0 aliphatic heterocycles. The maximum absolute atomic E-state index is 11.9. The van der Waals surface area contributed by atoms with Crippen LogP contribution in [0.3, 0.4) is 0 Å². The van der Waals surface area contributed by atoms with E-state index in [0.717, 1.165) is 81.9 Å². The number of aromatic nitrogens is 1. The number of nitrogens with zero attached hydrogens (tertiary/aromatic N) is 6. The van der Waals surface area contributed by atoms with Crippen molar-refractivity contribution < 1.29 is 28.6 Å². The normalized spacial score (nSPS) is 11.9. The third kappa shape index (κ3) is 12.3. The molecule has 2 heterocycles. The van der Waals surface area contributed by atoms with Crippen molar-refractivity contribution in [3.8, 4) is 0 Å². The Morgan fingerprint density at radius 2 is 1.65 bits per heavy atom. The molecular formula is C37H42N6O6S2. The number of thiophene rings is 1. The molecule has 0 aliphatic rings. The van der Waals surface area contributed by atoms with Crippen LogP contribution in [-0.2, 0) is 35.0 Å². The SMILES string of the molecule is C=CC(=O)OCCCCCCN(CC)c1ccc(/N=N/c2nc3sc(/N=N/c4ccc(CCOC(=O)C(C)OC(=O)C=C)cc4)cc3s2)c(C)c1. The Morgan fingerprint density at radius 1 is 0.882 bits per heavy atom. The molecule has 4 rings (SSSR count). The van der Waals surface area contributed by atoms with Crippen LogP contribution in [-0.4, -0.2) is 55.3 Å². The van der Waals surface area contributed by atoms with Crippen LogP contribution in [0.15, 0.2) is 94.3 Å². The van der Waals surface area contributed by atoms with Gasteiger partial charge in [-0.15, -0.1) is 20.5 Å². The van der Waals surface area contributed by atoms with Crippen LogP contribution >= 0.6 is 22.7 Å². The number of benzene rings is 2. The van der Waals surface area contributed by atoms with Crippen molar-refractivity contribution in [1.82, 2.24) is 4.98 Å². The lowest BCUT2D eigenvalue weighted by molar-refractivity contribution is -0.163. The van der Waals surface area contributed by atoms with Gasteiger partial charge in [-0.25, -0.2) is 19.4 Å². The molecule has 0 fully saturated rings. The predicted octanol–water partition coefficient (Wildman–Crippen LogP) is 9.82. The van der Waals surface area contributed by atoms with Gasteiger partial charge in [-0.1, -0.05) is 54.4 Å². The smallest absolute Gasteiger partial charge is 0.347 e. The molecule has 1 atom stereocenters. The highest BCUT2D eigenvalue weighted by Crippen LogP contribution is 2.39. The maximum Gasteiger partial charge on any atom is 0.347 e. The minimum Gasteiger partial charge on any atom is -0.463 e. The molecule has 0 N–H and O–H groups in total. The lowest BCUT2D eigenvalue weighted by Crippen LogP contribution is -2.26. The number of rotatable bonds is 20. The first-order valence-corrected chi connectivity index (χ1v) is 18.3. The molecule has 268 valence electrons. The zero-order valence-electron chi connectivity index (χ0n) is 29.1. The van der Waals surface area contributed by atoms with Crippen molar-refractivity contribution in [3.63, 3.8) is 0 Å². The van der Waals surface area contributed by atoms with E-state index in [0.29, 0.717) is 23.8 Å². The fourth-order valence-electron chi connectivity index (χ4n) is 4.80. The van der Waals surface area contributed by atoms with Gasteiger partial charge in [-0.05, 0) is 87.6 Å². The van der Waals surface area contributed by atoms with Crippen LogP contribution < -0.4 is 4.90 Å². The fraction of sp³-hybridized carbons (Fsp3) is 0.351. The summed E-state index contributed by atoms with van der Waals surface area (Å²) in [5, 5.41) is 18.9. The topological polar surface area (TPSA) is 144 Å². The number of aryl methyl sites for hydroxylation is 1. The minimum absolute atomic E-state index is 0.155. The Labute approximate surface area is 305 Å². The first-order valence-electron chi connectivity index (χ1n) is 16.7. The van der Waals surface area contributed by atoms with Gasteiger partial charge in [-0.2, -0.15) is 0 Å². The van der Waals surface area contributed by atoms with Gasteiger partial charge < -0.3 is 19.1 Å². The van der Waals surface area contributed by atoms with Crippen molar-refractivity contribution in [2.75, 3.05) is 31.2 Å². The zero-order chi connectivity index (χ0) is 36.6. The lowest BCUT2D eigenvalue weighted by Gasteiger charge is -2.23. The number of esters is 3. The Hall–Kier alpha value is -5.08. The molecule has 4 aromatic rings. The third-order valence-electron chi connectivity index (χ3n) is 7.60. The molecule has 2 aromatic heterocycles. The van der Waals surface area contributed by atoms with E-state index in [1.54, 1.807) is 0 Å². The number of thiazole rings is 1. The summed E-state index contributed by atoms with van der Waals surface area (Å²) in [6.45, 7) is 14.8. The van der Waals surface area contributed by atoms with Crippen molar-refractivity contribution in [3.05, 3.63) is 85.0 Å². The van der Waals surface area contributed by atoms with E-state index < -0.39 is 18.0 Å². The second kappa shape index (κ2) is 19.9. The van der Waals surface area contributed by atoms with Gasteiger partial charge in [0.05, 0.1) is 29.3 Å². The highest BCUT2D eigenvalue weighted by molar-refractivity contribution is 7.30. The summed E-state index contributed by atoms with van der Waals surface area (Å²) >= 11 is 2.88. The number of hydrogen-bond donors (Lipinski definition) is 0. The van der Waals surface area contributed by atoms with Gasteiger partial charge in [-0.3, -0.25) is 0 Å². The summed E-state index contributed by atoms with van der Waals surface area (Å²) in [7, 11) is 0. The zero-order valence-corrected chi connectivity index (χ0v) is 30.7. The molecule has 51 heavy (non-hydrogen) atoms. The van der Waals surface area contributed by atoms with Crippen LogP contribution in [0.4, 0.5) is 27.2 Å². The van der Waals surface area contributed by atoms with E-state index >= 15 is 0 Å². The number of hydrogen-bond acceptors (Lipinski definition) is 14. The quantitative estimate of drug-likeness (QED) is 0.0287. The molecule has 0 bridgehead atoms. The molecule has 0 spiro atoms. The third-order valence-corrected chi connectivity index (χ3v) is 9.52. The summed E-state index contributed by atoms with van der Waals surface area (Å²) in [6.07, 6.45) is 5.69. The molecule has 14 heteroatoms. The number of fused-ring (bicyclic) bond motifs is 1. The van der Waals surface area contributed by atoms with Crippen LogP contribution in [0.2, 0.25) is 0 Å². The summed E-state index contributed by atoms with van der Waals surface area (Å²) in [5.41, 5.74) is 4.63. The number of anilines is 1. The predicted molar refractivity (Wildman–Crippen MR) is 201 cm³/mol. The molecule has 0 radical (unpaired) electrons. The average Bonchev–Trinajstić information content (AvgIpc) is 3.70. The highest BCUT2D eigenvalue weighted by Gasteiger charge is 2.18. The van der Waals surface area contributed by atoms with E-state index in [-0.39, 0.29) is 12.6 Å². The molecule has 0 saturated heterocycles. The molecule has 0 saturated carbocycles. The standard InChI is InChI=1S/C37H42N6O6S2/c1-6-33(44)47-21-12-10-9-11-20-43(8-3)29-17-18-30(25(4)23-29)40-42-37-38-35-31(50-37)24-32(51-35)41-39-28-15-13-27(14-16-28)19-22-48-36(46)26(5)49-34(45)7-2/h6-7,13-18,23-24,26H,1-2,8-12,19-22H2,3-5H3/b41-39+,42-40+. The molecule has 0 aliphatic carbocycles. The monoisotopic (exact) mass is 730 g/mol. The second-order valence-corrected chi connectivity index (χ2v) is 13.4. The summed E-state index contributed by atoms with van der Waals surface area (Å²) < 4.78 is 16.0. The van der Waals surface area contributed by atoms with Crippen molar-refractivity contribution in [2.24, 2.45) is 20.5 Å². The van der Waals surface area contributed by atoms with Gasteiger partial charge in [0.2, 0.25) is 5.13 Å². The summed E-state index contributed by atoms with van der Waals surface area (Å²) in [6, 6.07) is 15.6. The van der Waals surface area contributed by atoms with Crippen LogP contribution in [0.5, 0.6) is 0 Å². The van der Waals surface area contributed by atoms with E-state index in [4.69, 9.17) is 14.2 Å². The van der Waals surface area contributed by atoms with Crippen molar-refractivity contribution in [2.45, 2.75) is 59.0 Å².